The molecule has 1 saturated heterocycles. The lowest BCUT2D eigenvalue weighted by Gasteiger charge is -2.33. The van der Waals surface area contributed by atoms with Crippen LogP contribution in [0.25, 0.3) is 0 Å². The Hall–Kier alpha value is -2.97. The number of nitrogens with zero attached hydrogens (tertiary/aromatic N) is 5. The van der Waals surface area contributed by atoms with Crippen molar-refractivity contribution in [1.82, 2.24) is 24.9 Å². The van der Waals surface area contributed by atoms with Crippen LogP contribution in [0.4, 0.5) is 5.82 Å². The molecule has 9 nitrogen and oxygen atoms in total. The van der Waals surface area contributed by atoms with Crippen LogP contribution in [0.3, 0.4) is 0 Å². The number of anilines is 1. The molecule has 1 atom stereocenters. The lowest BCUT2D eigenvalue weighted by atomic mass is 9.96. The topological polar surface area (TPSA) is 104 Å². The molecule has 0 aromatic carbocycles. The Bertz CT molecular complexity index is 997. The molecule has 0 unspecified atom stereocenters. The van der Waals surface area contributed by atoms with E-state index in [1.807, 2.05) is 16.8 Å². The molecule has 1 saturated carbocycles. The molecule has 2 fully saturated rings. The van der Waals surface area contributed by atoms with Crippen LogP contribution in [-0.2, 0) is 17.8 Å². The first-order valence-corrected chi connectivity index (χ1v) is 11.1. The third kappa shape index (κ3) is 3.88. The minimum atomic E-state index is -0.0794. The molecule has 2 amide bonds. The Morgan fingerprint density at radius 1 is 1.13 bits per heavy atom. The molecule has 0 bridgehead atoms. The predicted molar refractivity (Wildman–Crippen MR) is 113 cm³/mol. The van der Waals surface area contributed by atoms with Crippen LogP contribution in [0.2, 0.25) is 0 Å². The van der Waals surface area contributed by atoms with E-state index in [4.69, 9.17) is 14.5 Å². The van der Waals surface area contributed by atoms with Crippen molar-refractivity contribution in [2.45, 2.75) is 57.4 Å². The molecule has 5 rings (SSSR count). The molecule has 0 radical (unpaired) electrons. The third-order valence-electron chi connectivity index (χ3n) is 6.56. The zero-order valence-corrected chi connectivity index (χ0v) is 18.1. The first kappa shape index (κ1) is 20.0. The number of nitrogens with one attached hydrogen (secondary N) is 1. The largest absolute Gasteiger partial charge is 0.373 e. The van der Waals surface area contributed by atoms with Crippen LogP contribution in [0.15, 0.2) is 10.6 Å². The number of rotatable bonds is 4. The van der Waals surface area contributed by atoms with Gasteiger partial charge in [-0.25, -0.2) is 9.97 Å². The van der Waals surface area contributed by atoms with Crippen molar-refractivity contribution in [1.29, 1.82) is 0 Å². The van der Waals surface area contributed by atoms with E-state index in [1.165, 1.54) is 0 Å². The van der Waals surface area contributed by atoms with Gasteiger partial charge in [0.1, 0.15) is 17.4 Å². The monoisotopic (exact) mass is 424 g/mol. The van der Waals surface area contributed by atoms with Crippen molar-refractivity contribution >= 4 is 17.6 Å². The number of hydrogen-bond donors (Lipinski definition) is 1. The first-order valence-electron chi connectivity index (χ1n) is 11.1. The summed E-state index contributed by atoms with van der Waals surface area (Å²) < 4.78 is 5.37. The molecular weight excluding hydrogens is 396 g/mol. The molecule has 31 heavy (non-hydrogen) atoms. The van der Waals surface area contributed by atoms with Crippen molar-refractivity contribution in [2.75, 3.05) is 32.0 Å². The van der Waals surface area contributed by atoms with Gasteiger partial charge >= 0.3 is 0 Å². The van der Waals surface area contributed by atoms with Gasteiger partial charge in [-0.3, -0.25) is 9.59 Å². The van der Waals surface area contributed by atoms with Gasteiger partial charge in [-0.2, -0.15) is 0 Å². The SMILES string of the molecule is CNc1nc([C@H]2CCCN(C(=O)c3cc(C4CC4)on3)C2)nc2c1CN(C(C)=O)CC2. The van der Waals surface area contributed by atoms with Gasteiger partial charge in [0.15, 0.2) is 5.69 Å². The number of carbonyl (C=O) groups excluding carboxylic acids is 2. The molecule has 9 heteroatoms. The highest BCUT2D eigenvalue weighted by Crippen LogP contribution is 2.40. The Morgan fingerprint density at radius 2 is 1.97 bits per heavy atom. The summed E-state index contributed by atoms with van der Waals surface area (Å²) in [6.07, 6.45) is 4.79. The minimum Gasteiger partial charge on any atom is -0.373 e. The van der Waals surface area contributed by atoms with Gasteiger partial charge in [-0.05, 0) is 25.7 Å². The van der Waals surface area contributed by atoms with Crippen molar-refractivity contribution < 1.29 is 14.1 Å². The molecule has 2 aromatic rings. The maximum atomic E-state index is 13.0. The van der Waals surface area contributed by atoms with Crippen molar-refractivity contribution in [3.05, 3.63) is 34.6 Å². The fourth-order valence-electron chi connectivity index (χ4n) is 4.58. The van der Waals surface area contributed by atoms with Crippen molar-refractivity contribution in [3.63, 3.8) is 0 Å². The number of aromatic nitrogens is 3. The van der Waals surface area contributed by atoms with Crippen LogP contribution >= 0.6 is 0 Å². The second kappa shape index (κ2) is 7.94. The number of amides is 2. The summed E-state index contributed by atoms with van der Waals surface area (Å²) in [5.74, 6) is 2.88. The normalized spacial score (nSPS) is 21.0. The highest BCUT2D eigenvalue weighted by Gasteiger charge is 2.33. The predicted octanol–water partition coefficient (Wildman–Crippen LogP) is 2.31. The van der Waals surface area contributed by atoms with Gasteiger partial charge in [0.2, 0.25) is 5.91 Å². The Morgan fingerprint density at radius 3 is 2.71 bits per heavy atom. The number of piperidine rings is 1. The molecule has 2 aliphatic heterocycles. The summed E-state index contributed by atoms with van der Waals surface area (Å²) in [6.45, 7) is 4.08. The minimum absolute atomic E-state index is 0.0657. The number of carbonyl (C=O) groups is 2. The van der Waals surface area contributed by atoms with Crippen LogP contribution in [0, 0.1) is 0 Å². The zero-order valence-electron chi connectivity index (χ0n) is 18.1. The molecule has 1 aliphatic carbocycles. The van der Waals surface area contributed by atoms with Gasteiger partial charge in [-0.1, -0.05) is 5.16 Å². The Labute approximate surface area is 181 Å². The maximum absolute atomic E-state index is 13.0. The number of likely N-dealkylation sites (tertiary alicyclic amines) is 1. The lowest BCUT2D eigenvalue weighted by Crippen LogP contribution is -2.40. The van der Waals surface area contributed by atoms with E-state index < -0.39 is 0 Å². The fraction of sp³-hybridized carbons (Fsp3) is 0.591. The van der Waals surface area contributed by atoms with Crippen molar-refractivity contribution in [2.24, 2.45) is 0 Å². The standard InChI is InChI=1S/C22H28N6O3/c1-13(29)27-9-7-17-16(12-27)21(23-2)25-20(24-17)15-4-3-8-28(11-15)22(30)18-10-19(31-26-18)14-5-6-14/h10,14-15H,3-9,11-12H2,1-2H3,(H,23,24,25)/t15-/m0/s1. The Kier molecular flexibility index (Phi) is 5.11. The third-order valence-corrected chi connectivity index (χ3v) is 6.56. The summed E-state index contributed by atoms with van der Waals surface area (Å²) in [5, 5.41) is 7.20. The number of hydrogen-bond acceptors (Lipinski definition) is 7. The van der Waals surface area contributed by atoms with Crippen molar-refractivity contribution in [3.8, 4) is 0 Å². The van der Waals surface area contributed by atoms with Gasteiger partial charge in [0, 0.05) is 63.5 Å². The summed E-state index contributed by atoms with van der Waals surface area (Å²) >= 11 is 0. The average Bonchev–Trinajstić information content (AvgIpc) is 3.54. The molecule has 4 heterocycles. The summed E-state index contributed by atoms with van der Waals surface area (Å²) in [5.41, 5.74) is 2.39. The maximum Gasteiger partial charge on any atom is 0.276 e. The zero-order chi connectivity index (χ0) is 21.5. The lowest BCUT2D eigenvalue weighted by molar-refractivity contribution is -0.129. The van der Waals surface area contributed by atoms with Crippen LogP contribution in [0.5, 0.6) is 0 Å². The summed E-state index contributed by atoms with van der Waals surface area (Å²) in [7, 11) is 1.85. The Balaban J connectivity index is 1.35. The van der Waals surface area contributed by atoms with Crippen LogP contribution in [-0.4, -0.2) is 63.4 Å². The molecule has 2 aromatic heterocycles. The highest BCUT2D eigenvalue weighted by molar-refractivity contribution is 5.92. The molecule has 0 spiro atoms. The second-order valence-corrected chi connectivity index (χ2v) is 8.78. The average molecular weight is 425 g/mol. The first-order chi connectivity index (χ1) is 15.0. The van der Waals surface area contributed by atoms with Crippen LogP contribution in [0.1, 0.15) is 77.8 Å². The smallest absolute Gasteiger partial charge is 0.276 e. The quantitative estimate of drug-likeness (QED) is 0.803. The molecule has 3 aliphatic rings. The highest BCUT2D eigenvalue weighted by atomic mass is 16.5. The van der Waals surface area contributed by atoms with Gasteiger partial charge in [0.25, 0.3) is 5.91 Å². The number of fused-ring (bicyclic) bond motifs is 1. The summed E-state index contributed by atoms with van der Waals surface area (Å²) in [6, 6.07) is 1.80. The fourth-order valence-corrected chi connectivity index (χ4v) is 4.58. The van der Waals surface area contributed by atoms with Crippen LogP contribution < -0.4 is 5.32 Å². The van der Waals surface area contributed by atoms with Gasteiger partial charge < -0.3 is 19.6 Å². The molecule has 1 N–H and O–H groups in total. The molecular formula is C22H28N6O3. The van der Waals surface area contributed by atoms with E-state index >= 15 is 0 Å². The van der Waals surface area contributed by atoms with E-state index in [2.05, 4.69) is 10.5 Å². The van der Waals surface area contributed by atoms with E-state index in [0.717, 1.165) is 60.8 Å². The van der Waals surface area contributed by atoms with E-state index in [0.29, 0.717) is 37.8 Å². The molecule has 164 valence electrons. The van der Waals surface area contributed by atoms with E-state index in [1.54, 1.807) is 13.0 Å². The van der Waals surface area contributed by atoms with E-state index in [9.17, 15) is 9.59 Å². The second-order valence-electron chi connectivity index (χ2n) is 8.78. The van der Waals surface area contributed by atoms with Gasteiger partial charge in [-0.15, -0.1) is 0 Å². The van der Waals surface area contributed by atoms with E-state index in [-0.39, 0.29) is 17.7 Å². The summed E-state index contributed by atoms with van der Waals surface area (Å²) in [4.78, 5) is 38.1. The van der Waals surface area contributed by atoms with Gasteiger partial charge in [0.05, 0.1) is 12.2 Å².